The Balaban J connectivity index is 1.29. The van der Waals surface area contributed by atoms with Crippen LogP contribution in [-0.4, -0.2) is 26.8 Å². The number of rotatable bonds is 7. The number of fused-ring (bicyclic) bond motifs is 1. The molecule has 6 nitrogen and oxygen atoms in total. The predicted octanol–water partition coefficient (Wildman–Crippen LogP) is 5.35. The maximum Gasteiger partial charge on any atom is 0.419 e. The van der Waals surface area contributed by atoms with E-state index < -0.39 is 23.5 Å². The van der Waals surface area contributed by atoms with Gasteiger partial charge in [0.05, 0.1) is 26.5 Å². The molecule has 1 amide bonds. The number of thioether (sulfide) groups is 1. The fourth-order valence-electron chi connectivity index (χ4n) is 2.78. The number of thiazole rings is 1. The van der Waals surface area contributed by atoms with Crippen molar-refractivity contribution in [2.75, 3.05) is 11.1 Å². The lowest BCUT2D eigenvalue weighted by Gasteiger charge is -2.10. The average Bonchev–Trinajstić information content (AvgIpc) is 3.37. The third-order valence-corrected chi connectivity index (χ3v) is 6.14. The number of benzene rings is 2. The van der Waals surface area contributed by atoms with Crippen LogP contribution in [0.15, 0.2) is 52.1 Å². The van der Waals surface area contributed by atoms with Crippen LogP contribution in [0.2, 0.25) is 0 Å². The summed E-state index contributed by atoms with van der Waals surface area (Å²) in [5.74, 6) is -1.78. The Morgan fingerprint density at radius 3 is 2.72 bits per heavy atom. The molecule has 0 fully saturated rings. The molecule has 0 atom stereocenters. The molecule has 1 N–H and O–H groups in total. The summed E-state index contributed by atoms with van der Waals surface area (Å²) >= 11 is 2.53. The van der Waals surface area contributed by atoms with Gasteiger partial charge < -0.3 is 9.73 Å². The third-order valence-electron chi connectivity index (χ3n) is 4.22. The number of carbonyl (C=O) groups is 1. The molecule has 0 bridgehead atoms. The van der Waals surface area contributed by atoms with Gasteiger partial charge in [0, 0.05) is 18.5 Å². The summed E-state index contributed by atoms with van der Waals surface area (Å²) in [4.78, 5) is 16.6. The number of amides is 1. The number of carbonyl (C=O) groups excluding carboxylic acids is 1. The van der Waals surface area contributed by atoms with Crippen molar-refractivity contribution in [2.24, 2.45) is 0 Å². The molecular weight excluding hydrogens is 468 g/mol. The van der Waals surface area contributed by atoms with E-state index in [1.54, 1.807) is 11.3 Å². The zero-order valence-corrected chi connectivity index (χ0v) is 17.8. The smallest absolute Gasteiger partial charge is 0.416 e. The lowest BCUT2D eigenvalue weighted by Crippen LogP contribution is -2.15. The molecule has 2 aromatic carbocycles. The van der Waals surface area contributed by atoms with Crippen LogP contribution in [0.3, 0.4) is 0 Å². The highest BCUT2D eigenvalue weighted by molar-refractivity contribution is 7.99. The standard InChI is InChI=1S/C20H14F4N4O2S2/c21-13-6-5-11(9-12(13)20(22,23)24)25-16(29)10-31-19-28-27-17(30-19)7-8-18-26-14-3-1-2-4-15(14)32-18/h1-6,9H,7-8,10H2,(H,25,29). The Hall–Kier alpha value is -2.99. The SMILES string of the molecule is O=C(CSc1nnc(CCc2nc3ccccc3s2)o1)Nc1ccc(F)c(C(F)(F)F)c1. The van der Waals surface area contributed by atoms with Crippen LogP contribution in [0.1, 0.15) is 16.5 Å². The molecule has 0 unspecified atom stereocenters. The van der Waals surface area contributed by atoms with Crippen LogP contribution in [-0.2, 0) is 23.8 Å². The fraction of sp³-hybridized carbons (Fsp3) is 0.200. The number of aromatic nitrogens is 3. The molecule has 2 heterocycles. The fourth-order valence-corrected chi connectivity index (χ4v) is 4.33. The maximum atomic E-state index is 13.3. The van der Waals surface area contributed by atoms with Crippen molar-refractivity contribution in [2.45, 2.75) is 24.2 Å². The summed E-state index contributed by atoms with van der Waals surface area (Å²) in [6, 6.07) is 10.1. The lowest BCUT2D eigenvalue weighted by atomic mass is 10.2. The Kier molecular flexibility index (Phi) is 6.42. The minimum Gasteiger partial charge on any atom is -0.416 e. The maximum absolute atomic E-state index is 13.3. The van der Waals surface area contributed by atoms with E-state index in [9.17, 15) is 22.4 Å². The summed E-state index contributed by atoms with van der Waals surface area (Å²) in [7, 11) is 0. The second-order valence-corrected chi connectivity index (χ2v) is 8.61. The van der Waals surface area contributed by atoms with Crippen molar-refractivity contribution in [1.29, 1.82) is 0 Å². The topological polar surface area (TPSA) is 80.9 Å². The number of hydrogen-bond donors (Lipinski definition) is 1. The quantitative estimate of drug-likeness (QED) is 0.282. The minimum absolute atomic E-state index is 0.161. The van der Waals surface area contributed by atoms with Crippen LogP contribution < -0.4 is 5.32 Å². The summed E-state index contributed by atoms with van der Waals surface area (Å²) in [5.41, 5.74) is -0.673. The van der Waals surface area contributed by atoms with Crippen LogP contribution in [0.25, 0.3) is 10.2 Å². The molecule has 4 rings (SSSR count). The van der Waals surface area contributed by atoms with Gasteiger partial charge in [-0.25, -0.2) is 9.37 Å². The van der Waals surface area contributed by atoms with Crippen LogP contribution in [0.5, 0.6) is 0 Å². The second-order valence-electron chi connectivity index (χ2n) is 6.57. The molecule has 2 aromatic heterocycles. The van der Waals surface area contributed by atoms with Crippen molar-refractivity contribution in [3.63, 3.8) is 0 Å². The van der Waals surface area contributed by atoms with Crippen molar-refractivity contribution in [1.82, 2.24) is 15.2 Å². The molecule has 0 aliphatic carbocycles. The monoisotopic (exact) mass is 482 g/mol. The van der Waals surface area contributed by atoms with E-state index in [1.807, 2.05) is 24.3 Å². The van der Waals surface area contributed by atoms with E-state index in [0.29, 0.717) is 30.9 Å². The largest absolute Gasteiger partial charge is 0.419 e. The predicted molar refractivity (Wildman–Crippen MR) is 112 cm³/mol. The second kappa shape index (κ2) is 9.25. The van der Waals surface area contributed by atoms with Gasteiger partial charge in [0.1, 0.15) is 5.82 Å². The molecule has 12 heteroatoms. The van der Waals surface area contributed by atoms with Gasteiger partial charge >= 0.3 is 6.18 Å². The zero-order valence-electron chi connectivity index (χ0n) is 16.1. The molecule has 4 aromatic rings. The van der Waals surface area contributed by atoms with Gasteiger partial charge in [0.15, 0.2) is 0 Å². The van der Waals surface area contributed by atoms with E-state index in [2.05, 4.69) is 20.5 Å². The Bertz CT molecular complexity index is 1220. The summed E-state index contributed by atoms with van der Waals surface area (Å²) < 4.78 is 58.3. The minimum atomic E-state index is -4.86. The van der Waals surface area contributed by atoms with E-state index in [1.165, 1.54) is 0 Å². The van der Waals surface area contributed by atoms with Crippen molar-refractivity contribution >= 4 is 44.9 Å². The van der Waals surface area contributed by atoms with Crippen molar-refractivity contribution < 1.29 is 26.8 Å². The molecule has 0 aliphatic heterocycles. The van der Waals surface area contributed by atoms with Gasteiger partial charge in [-0.05, 0) is 30.3 Å². The third kappa shape index (κ3) is 5.43. The summed E-state index contributed by atoms with van der Waals surface area (Å²) in [5, 5.41) is 11.2. The van der Waals surface area contributed by atoms with Crippen LogP contribution in [0.4, 0.5) is 23.2 Å². The van der Waals surface area contributed by atoms with E-state index in [4.69, 9.17) is 4.42 Å². The molecule has 0 spiro atoms. The van der Waals surface area contributed by atoms with E-state index in [0.717, 1.165) is 33.1 Å². The first-order valence-electron chi connectivity index (χ1n) is 9.24. The van der Waals surface area contributed by atoms with Gasteiger partial charge in [0.25, 0.3) is 5.22 Å². The number of nitrogens with zero attached hydrogens (tertiary/aromatic N) is 3. The van der Waals surface area contributed by atoms with Gasteiger partial charge in [-0.1, -0.05) is 23.9 Å². The Labute approximate surface area is 187 Å². The Morgan fingerprint density at radius 1 is 1.12 bits per heavy atom. The number of hydrogen-bond acceptors (Lipinski definition) is 7. The van der Waals surface area contributed by atoms with Gasteiger partial charge in [0.2, 0.25) is 11.8 Å². The number of para-hydroxylation sites is 1. The first-order valence-corrected chi connectivity index (χ1v) is 11.0. The zero-order chi connectivity index (χ0) is 22.7. The summed E-state index contributed by atoms with van der Waals surface area (Å²) in [6.07, 6.45) is -3.75. The highest BCUT2D eigenvalue weighted by atomic mass is 32.2. The number of halogens is 4. The first-order chi connectivity index (χ1) is 15.3. The average molecular weight is 482 g/mol. The normalized spacial score (nSPS) is 11.8. The molecular formula is C20H14F4N4O2S2. The highest BCUT2D eigenvalue weighted by Gasteiger charge is 2.34. The number of nitrogens with one attached hydrogen (secondary N) is 1. The van der Waals surface area contributed by atoms with Gasteiger partial charge in [-0.2, -0.15) is 13.2 Å². The summed E-state index contributed by atoms with van der Waals surface area (Å²) in [6.45, 7) is 0. The van der Waals surface area contributed by atoms with Crippen LogP contribution >= 0.6 is 23.1 Å². The molecule has 166 valence electrons. The van der Waals surface area contributed by atoms with E-state index in [-0.39, 0.29) is 16.7 Å². The van der Waals surface area contributed by atoms with E-state index >= 15 is 0 Å². The van der Waals surface area contributed by atoms with Crippen LogP contribution in [0, 0.1) is 5.82 Å². The number of alkyl halides is 3. The van der Waals surface area contributed by atoms with Gasteiger partial charge in [-0.15, -0.1) is 21.5 Å². The molecule has 0 saturated carbocycles. The molecule has 32 heavy (non-hydrogen) atoms. The first kappa shape index (κ1) is 22.2. The highest BCUT2D eigenvalue weighted by Crippen LogP contribution is 2.33. The number of aryl methyl sites for hydroxylation is 2. The van der Waals surface area contributed by atoms with Crippen molar-refractivity contribution in [3.05, 3.63) is 64.7 Å². The van der Waals surface area contributed by atoms with Gasteiger partial charge in [-0.3, -0.25) is 4.79 Å². The molecule has 0 aliphatic rings. The van der Waals surface area contributed by atoms with Crippen molar-refractivity contribution in [3.8, 4) is 0 Å². The lowest BCUT2D eigenvalue weighted by molar-refractivity contribution is -0.140. The number of anilines is 1. The Morgan fingerprint density at radius 2 is 1.94 bits per heavy atom. The molecule has 0 saturated heterocycles. The molecule has 0 radical (unpaired) electrons.